The predicted molar refractivity (Wildman–Crippen MR) is 72.9 cm³/mol. The Hall–Kier alpha value is -2.46. The second kappa shape index (κ2) is 7.88. The van der Waals surface area contributed by atoms with Crippen LogP contribution < -0.4 is 0 Å². The lowest BCUT2D eigenvalue weighted by Crippen LogP contribution is -2.35. The zero-order valence-corrected chi connectivity index (χ0v) is 12.5. The molecule has 0 aromatic carbocycles. The molecule has 0 bridgehead atoms. The topological polar surface area (TPSA) is 146 Å². The average molecular weight is 344 g/mol. The molecule has 2 aliphatic rings. The molecule has 0 spiro atoms. The van der Waals surface area contributed by atoms with E-state index in [9.17, 15) is 19.2 Å². The Morgan fingerprint density at radius 1 is 0.917 bits per heavy atom. The Labute approximate surface area is 135 Å². The number of carbonyl (C=O) groups is 4. The molecule has 2 rings (SSSR count). The van der Waals surface area contributed by atoms with Crippen molar-refractivity contribution in [2.24, 2.45) is 0 Å². The van der Waals surface area contributed by atoms with Crippen LogP contribution in [0.3, 0.4) is 0 Å². The Bertz CT molecular complexity index is 554. The first-order chi connectivity index (χ1) is 11.4. The van der Waals surface area contributed by atoms with Gasteiger partial charge in [-0.05, 0) is 0 Å². The van der Waals surface area contributed by atoms with Gasteiger partial charge in [-0.25, -0.2) is 9.59 Å². The van der Waals surface area contributed by atoms with Gasteiger partial charge in [-0.2, -0.15) is 0 Å². The molecular weight excluding hydrogens is 328 g/mol. The van der Waals surface area contributed by atoms with E-state index in [0.717, 1.165) is 6.08 Å². The zero-order valence-electron chi connectivity index (χ0n) is 12.5. The molecule has 0 aliphatic carbocycles. The summed E-state index contributed by atoms with van der Waals surface area (Å²) < 4.78 is 21.0. The number of hydrogen-bond donors (Lipinski definition) is 2. The second-order valence-electron chi connectivity index (χ2n) is 5.16. The summed E-state index contributed by atoms with van der Waals surface area (Å²) in [5.41, 5.74) is 0. The van der Waals surface area contributed by atoms with E-state index in [-0.39, 0.29) is 26.1 Å². The minimum absolute atomic E-state index is 0.0190. The van der Waals surface area contributed by atoms with Crippen molar-refractivity contribution in [3.8, 4) is 0 Å². The molecule has 2 heterocycles. The van der Waals surface area contributed by atoms with Crippen molar-refractivity contribution >= 4 is 23.9 Å². The van der Waals surface area contributed by atoms with Gasteiger partial charge in [-0.15, -0.1) is 0 Å². The molecule has 2 saturated heterocycles. The summed E-state index contributed by atoms with van der Waals surface area (Å²) in [5, 5.41) is 17.0. The molecule has 0 radical (unpaired) electrons. The largest absolute Gasteiger partial charge is 0.481 e. The first-order valence-electron chi connectivity index (χ1n) is 7.13. The fraction of sp³-hybridized carbons (Fsp3) is 0.571. The van der Waals surface area contributed by atoms with Gasteiger partial charge in [0, 0.05) is 12.2 Å². The predicted octanol–water partition coefficient (Wildman–Crippen LogP) is -0.887. The van der Waals surface area contributed by atoms with E-state index in [1.54, 1.807) is 0 Å². The van der Waals surface area contributed by atoms with Crippen LogP contribution in [0, 0.1) is 0 Å². The number of aliphatic carboxylic acids is 2. The van der Waals surface area contributed by atoms with E-state index >= 15 is 0 Å². The van der Waals surface area contributed by atoms with E-state index in [4.69, 9.17) is 29.2 Å². The number of carboxylic acids is 2. The summed E-state index contributed by atoms with van der Waals surface area (Å²) in [6.45, 7) is 0.0539. The van der Waals surface area contributed by atoms with Crippen molar-refractivity contribution in [3.05, 3.63) is 12.2 Å². The SMILES string of the molecule is O=C(O)/C=C\C(=O)O[C@@H]1CO[C@H]2[C@@H]1OC[C@H]2OC(=O)CCC(=O)O. The van der Waals surface area contributed by atoms with E-state index < -0.39 is 48.3 Å². The molecule has 0 aromatic heterocycles. The van der Waals surface area contributed by atoms with Crippen LogP contribution in [0.2, 0.25) is 0 Å². The highest BCUT2D eigenvalue weighted by molar-refractivity contribution is 5.90. The van der Waals surface area contributed by atoms with Gasteiger partial charge >= 0.3 is 23.9 Å². The van der Waals surface area contributed by atoms with Crippen molar-refractivity contribution in [1.29, 1.82) is 0 Å². The van der Waals surface area contributed by atoms with Crippen molar-refractivity contribution < 1.29 is 48.3 Å². The third kappa shape index (κ3) is 4.77. The van der Waals surface area contributed by atoms with Crippen molar-refractivity contribution in [3.63, 3.8) is 0 Å². The first-order valence-corrected chi connectivity index (χ1v) is 7.13. The number of carboxylic acid groups (broad SMARTS) is 2. The average Bonchev–Trinajstić information content (AvgIpc) is 3.07. The van der Waals surface area contributed by atoms with Crippen LogP contribution in [-0.4, -0.2) is 71.7 Å². The lowest BCUT2D eigenvalue weighted by atomic mass is 10.1. The molecule has 2 aliphatic heterocycles. The Morgan fingerprint density at radius 2 is 1.50 bits per heavy atom. The molecule has 2 fully saturated rings. The van der Waals surface area contributed by atoms with E-state index in [1.165, 1.54) is 0 Å². The number of esters is 2. The van der Waals surface area contributed by atoms with Crippen LogP contribution in [-0.2, 0) is 38.1 Å². The maximum atomic E-state index is 11.6. The highest BCUT2D eigenvalue weighted by Gasteiger charge is 2.51. The molecule has 2 N–H and O–H groups in total. The zero-order chi connectivity index (χ0) is 17.7. The van der Waals surface area contributed by atoms with Gasteiger partial charge in [-0.1, -0.05) is 0 Å². The summed E-state index contributed by atoms with van der Waals surface area (Å²) in [5.74, 6) is -3.92. The fourth-order valence-electron chi connectivity index (χ4n) is 2.40. The lowest BCUT2D eigenvalue weighted by molar-refractivity contribution is -0.156. The minimum Gasteiger partial charge on any atom is -0.481 e. The second-order valence-corrected chi connectivity index (χ2v) is 5.16. The van der Waals surface area contributed by atoms with Gasteiger partial charge < -0.3 is 29.2 Å². The molecule has 10 nitrogen and oxygen atoms in total. The lowest BCUT2D eigenvalue weighted by Gasteiger charge is -2.16. The molecular formula is C14H16O10. The maximum Gasteiger partial charge on any atom is 0.331 e. The monoisotopic (exact) mass is 344 g/mol. The maximum absolute atomic E-state index is 11.6. The summed E-state index contributed by atoms with van der Waals surface area (Å²) >= 11 is 0. The third-order valence-corrected chi connectivity index (χ3v) is 3.42. The van der Waals surface area contributed by atoms with Gasteiger partial charge in [0.1, 0.15) is 12.2 Å². The minimum atomic E-state index is -1.28. The van der Waals surface area contributed by atoms with Crippen LogP contribution in [0.4, 0.5) is 0 Å². The van der Waals surface area contributed by atoms with Crippen LogP contribution in [0.15, 0.2) is 12.2 Å². The molecule has 24 heavy (non-hydrogen) atoms. The normalized spacial score (nSPS) is 28.5. The molecule has 0 aromatic rings. The third-order valence-electron chi connectivity index (χ3n) is 3.42. The summed E-state index contributed by atoms with van der Waals surface area (Å²) in [6, 6.07) is 0. The molecule has 0 unspecified atom stereocenters. The summed E-state index contributed by atoms with van der Waals surface area (Å²) in [4.78, 5) is 43.8. The number of carbonyl (C=O) groups excluding carboxylic acids is 2. The fourth-order valence-corrected chi connectivity index (χ4v) is 2.40. The standard InChI is InChI=1S/C14H16O10/c15-9(16)1-3-11(19)23-7-5-21-14-8(6-22-13(7)14)24-12(20)4-2-10(17)18/h1,3,7-8,13-14H,2,4-6H2,(H,15,16)(H,17,18)/b3-1-/t7-,8-,13-,14-/m1/s1. The highest BCUT2D eigenvalue weighted by Crippen LogP contribution is 2.30. The van der Waals surface area contributed by atoms with E-state index in [0.29, 0.717) is 6.08 Å². The molecule has 0 amide bonds. The van der Waals surface area contributed by atoms with Crippen molar-refractivity contribution in [2.45, 2.75) is 37.3 Å². The number of rotatable bonds is 7. The number of fused-ring (bicyclic) bond motifs is 1. The van der Waals surface area contributed by atoms with Crippen LogP contribution in [0.1, 0.15) is 12.8 Å². The highest BCUT2D eigenvalue weighted by atomic mass is 16.7. The number of ether oxygens (including phenoxy) is 4. The quantitative estimate of drug-likeness (QED) is 0.440. The van der Waals surface area contributed by atoms with Crippen molar-refractivity contribution in [2.75, 3.05) is 13.2 Å². The van der Waals surface area contributed by atoms with Crippen LogP contribution >= 0.6 is 0 Å². The van der Waals surface area contributed by atoms with Crippen LogP contribution in [0.5, 0.6) is 0 Å². The molecule has 0 saturated carbocycles. The summed E-state index contributed by atoms with van der Waals surface area (Å²) in [7, 11) is 0. The van der Waals surface area contributed by atoms with Crippen molar-refractivity contribution in [1.82, 2.24) is 0 Å². The first kappa shape index (κ1) is 17.9. The Kier molecular flexibility index (Phi) is 5.88. The molecule has 10 heteroatoms. The molecule has 4 atom stereocenters. The van der Waals surface area contributed by atoms with Gasteiger partial charge in [-0.3, -0.25) is 9.59 Å². The van der Waals surface area contributed by atoms with Gasteiger partial charge in [0.2, 0.25) is 0 Å². The van der Waals surface area contributed by atoms with Gasteiger partial charge in [0.05, 0.1) is 26.1 Å². The Morgan fingerprint density at radius 3 is 2.04 bits per heavy atom. The van der Waals surface area contributed by atoms with E-state index in [2.05, 4.69) is 0 Å². The summed E-state index contributed by atoms with van der Waals surface area (Å²) in [6.07, 6.45) is -1.89. The van der Waals surface area contributed by atoms with Gasteiger partial charge in [0.15, 0.2) is 12.2 Å². The van der Waals surface area contributed by atoms with E-state index in [1.807, 2.05) is 0 Å². The smallest absolute Gasteiger partial charge is 0.331 e. The van der Waals surface area contributed by atoms with Gasteiger partial charge in [0.25, 0.3) is 0 Å². The van der Waals surface area contributed by atoms with Crippen LogP contribution in [0.25, 0.3) is 0 Å². The number of hydrogen-bond acceptors (Lipinski definition) is 8. The Balaban J connectivity index is 1.83. The molecule has 132 valence electrons.